The number of carboxylic acid groups (broad SMARTS) is 1. The SMILES string of the molecule is O=C(O)c1ccc(-c2nc(Br)c(-c3ccccc3)s2)cc1. The molecule has 1 aromatic heterocycles. The number of halogens is 1. The van der Waals surface area contributed by atoms with Gasteiger partial charge in [-0.15, -0.1) is 11.3 Å². The molecule has 0 aliphatic rings. The first-order valence-corrected chi connectivity index (χ1v) is 7.81. The van der Waals surface area contributed by atoms with E-state index in [1.54, 1.807) is 35.6 Å². The van der Waals surface area contributed by atoms with Crippen molar-refractivity contribution in [1.82, 2.24) is 4.98 Å². The molecule has 0 radical (unpaired) electrons. The molecular formula is C16H10BrNO2S. The highest BCUT2D eigenvalue weighted by Crippen LogP contribution is 2.38. The monoisotopic (exact) mass is 359 g/mol. The third-order valence-corrected chi connectivity index (χ3v) is 4.99. The van der Waals surface area contributed by atoms with Gasteiger partial charge in [0.25, 0.3) is 0 Å². The topological polar surface area (TPSA) is 50.2 Å². The van der Waals surface area contributed by atoms with Gasteiger partial charge in [0.1, 0.15) is 9.61 Å². The van der Waals surface area contributed by atoms with E-state index in [2.05, 4.69) is 20.9 Å². The average Bonchev–Trinajstić information content (AvgIpc) is 2.90. The number of nitrogens with zero attached hydrogens (tertiary/aromatic N) is 1. The summed E-state index contributed by atoms with van der Waals surface area (Å²) in [4.78, 5) is 16.5. The molecular weight excluding hydrogens is 350 g/mol. The van der Waals surface area contributed by atoms with Crippen molar-refractivity contribution >= 4 is 33.2 Å². The van der Waals surface area contributed by atoms with Crippen molar-refractivity contribution in [3.63, 3.8) is 0 Å². The number of hydrogen-bond donors (Lipinski definition) is 1. The van der Waals surface area contributed by atoms with Gasteiger partial charge < -0.3 is 5.11 Å². The molecule has 1 heterocycles. The maximum Gasteiger partial charge on any atom is 0.335 e. The predicted octanol–water partition coefficient (Wildman–Crippen LogP) is 4.94. The lowest BCUT2D eigenvalue weighted by Gasteiger charge is -1.97. The van der Waals surface area contributed by atoms with Gasteiger partial charge in [-0.05, 0) is 33.6 Å². The highest BCUT2D eigenvalue weighted by atomic mass is 79.9. The Labute approximate surface area is 134 Å². The smallest absolute Gasteiger partial charge is 0.335 e. The lowest BCUT2D eigenvalue weighted by Crippen LogP contribution is -1.94. The maximum atomic E-state index is 10.9. The zero-order valence-corrected chi connectivity index (χ0v) is 13.2. The Kier molecular flexibility index (Phi) is 3.86. The second-order valence-electron chi connectivity index (χ2n) is 4.39. The third-order valence-electron chi connectivity index (χ3n) is 3.00. The van der Waals surface area contributed by atoms with Gasteiger partial charge in [0.05, 0.1) is 10.4 Å². The van der Waals surface area contributed by atoms with Crippen molar-refractivity contribution < 1.29 is 9.90 Å². The van der Waals surface area contributed by atoms with E-state index >= 15 is 0 Å². The highest BCUT2D eigenvalue weighted by molar-refractivity contribution is 9.10. The average molecular weight is 360 g/mol. The highest BCUT2D eigenvalue weighted by Gasteiger charge is 2.12. The van der Waals surface area contributed by atoms with E-state index in [0.717, 1.165) is 25.6 Å². The largest absolute Gasteiger partial charge is 0.478 e. The summed E-state index contributed by atoms with van der Waals surface area (Å²) in [6, 6.07) is 16.8. The number of carboxylic acids is 1. The van der Waals surface area contributed by atoms with Crippen LogP contribution >= 0.6 is 27.3 Å². The molecule has 2 aromatic carbocycles. The minimum Gasteiger partial charge on any atom is -0.478 e. The Hall–Kier alpha value is -1.98. The van der Waals surface area contributed by atoms with Crippen molar-refractivity contribution in [2.24, 2.45) is 0 Å². The van der Waals surface area contributed by atoms with Crippen LogP contribution in [0.4, 0.5) is 0 Å². The molecule has 5 heteroatoms. The second-order valence-corrected chi connectivity index (χ2v) is 6.14. The number of hydrogen-bond acceptors (Lipinski definition) is 3. The fourth-order valence-corrected chi connectivity index (χ4v) is 3.68. The molecule has 21 heavy (non-hydrogen) atoms. The van der Waals surface area contributed by atoms with Crippen molar-refractivity contribution in [2.75, 3.05) is 0 Å². The Morgan fingerprint density at radius 1 is 1.00 bits per heavy atom. The van der Waals surface area contributed by atoms with Crippen LogP contribution in [0, 0.1) is 0 Å². The number of benzene rings is 2. The van der Waals surface area contributed by atoms with Crippen molar-refractivity contribution in [1.29, 1.82) is 0 Å². The molecule has 0 aliphatic carbocycles. The van der Waals surface area contributed by atoms with Gasteiger partial charge in [-0.3, -0.25) is 0 Å². The second kappa shape index (κ2) is 5.79. The molecule has 3 nitrogen and oxygen atoms in total. The zero-order chi connectivity index (χ0) is 14.8. The van der Waals surface area contributed by atoms with E-state index in [1.165, 1.54) is 0 Å². The summed E-state index contributed by atoms with van der Waals surface area (Å²) in [7, 11) is 0. The molecule has 0 saturated heterocycles. The van der Waals surface area contributed by atoms with E-state index in [0.29, 0.717) is 0 Å². The van der Waals surface area contributed by atoms with Gasteiger partial charge in [0.15, 0.2) is 0 Å². The van der Waals surface area contributed by atoms with E-state index in [1.807, 2.05) is 30.3 Å². The van der Waals surface area contributed by atoms with Crippen LogP contribution in [-0.4, -0.2) is 16.1 Å². The molecule has 0 atom stereocenters. The minimum atomic E-state index is -0.924. The van der Waals surface area contributed by atoms with Gasteiger partial charge >= 0.3 is 5.97 Å². The molecule has 0 unspecified atom stereocenters. The molecule has 0 spiro atoms. The van der Waals surface area contributed by atoms with E-state index in [-0.39, 0.29) is 5.56 Å². The number of rotatable bonds is 3. The summed E-state index contributed by atoms with van der Waals surface area (Å²) in [5.41, 5.74) is 2.29. The van der Waals surface area contributed by atoms with Crippen LogP contribution in [0.1, 0.15) is 10.4 Å². The Bertz CT molecular complexity index is 782. The fourth-order valence-electron chi connectivity index (χ4n) is 1.95. The first kappa shape index (κ1) is 14.0. The van der Waals surface area contributed by atoms with Gasteiger partial charge in [0.2, 0.25) is 0 Å². The van der Waals surface area contributed by atoms with Crippen LogP contribution < -0.4 is 0 Å². The molecule has 0 aliphatic heterocycles. The summed E-state index contributed by atoms with van der Waals surface area (Å²) in [6.45, 7) is 0. The molecule has 104 valence electrons. The third kappa shape index (κ3) is 2.89. The lowest BCUT2D eigenvalue weighted by molar-refractivity contribution is 0.0697. The molecule has 3 rings (SSSR count). The van der Waals surface area contributed by atoms with Crippen LogP contribution in [0.5, 0.6) is 0 Å². The van der Waals surface area contributed by atoms with Crippen LogP contribution in [-0.2, 0) is 0 Å². The lowest BCUT2D eigenvalue weighted by atomic mass is 10.1. The Morgan fingerprint density at radius 2 is 1.67 bits per heavy atom. The quantitative estimate of drug-likeness (QED) is 0.720. The summed E-state index contributed by atoms with van der Waals surface area (Å²) < 4.78 is 0.802. The first-order valence-electron chi connectivity index (χ1n) is 6.20. The zero-order valence-electron chi connectivity index (χ0n) is 10.8. The molecule has 0 bridgehead atoms. The van der Waals surface area contributed by atoms with Crippen molar-refractivity contribution in [3.05, 3.63) is 64.8 Å². The van der Waals surface area contributed by atoms with E-state index in [9.17, 15) is 4.79 Å². The molecule has 0 fully saturated rings. The number of aromatic nitrogens is 1. The number of thiazole rings is 1. The van der Waals surface area contributed by atoms with Crippen LogP contribution in [0.2, 0.25) is 0 Å². The Morgan fingerprint density at radius 3 is 2.29 bits per heavy atom. The number of aromatic carboxylic acids is 1. The van der Waals surface area contributed by atoms with E-state index < -0.39 is 5.97 Å². The molecule has 3 aromatic rings. The molecule has 0 saturated carbocycles. The van der Waals surface area contributed by atoms with Gasteiger partial charge in [-0.1, -0.05) is 42.5 Å². The first-order chi connectivity index (χ1) is 10.1. The summed E-state index contributed by atoms with van der Waals surface area (Å²) in [5, 5.41) is 9.78. The molecule has 0 amide bonds. The van der Waals surface area contributed by atoms with Crippen LogP contribution in [0.3, 0.4) is 0 Å². The molecule has 1 N–H and O–H groups in total. The summed E-state index contributed by atoms with van der Waals surface area (Å²) in [5.74, 6) is -0.924. The maximum absolute atomic E-state index is 10.9. The van der Waals surface area contributed by atoms with Gasteiger partial charge in [-0.25, -0.2) is 9.78 Å². The van der Waals surface area contributed by atoms with Crippen molar-refractivity contribution in [3.8, 4) is 21.0 Å². The Balaban J connectivity index is 1.99. The summed E-state index contributed by atoms with van der Waals surface area (Å²) in [6.07, 6.45) is 0. The van der Waals surface area contributed by atoms with Crippen molar-refractivity contribution in [2.45, 2.75) is 0 Å². The normalized spacial score (nSPS) is 10.5. The predicted molar refractivity (Wildman–Crippen MR) is 87.6 cm³/mol. The van der Waals surface area contributed by atoms with Crippen LogP contribution in [0.15, 0.2) is 59.2 Å². The van der Waals surface area contributed by atoms with Crippen LogP contribution in [0.25, 0.3) is 21.0 Å². The van der Waals surface area contributed by atoms with Gasteiger partial charge in [-0.2, -0.15) is 0 Å². The summed E-state index contributed by atoms with van der Waals surface area (Å²) >= 11 is 5.07. The van der Waals surface area contributed by atoms with E-state index in [4.69, 9.17) is 5.11 Å². The van der Waals surface area contributed by atoms with Gasteiger partial charge in [0, 0.05) is 5.56 Å². The minimum absolute atomic E-state index is 0.276. The fraction of sp³-hybridized carbons (Fsp3) is 0. The number of carbonyl (C=O) groups is 1. The standard InChI is InChI=1S/C16H10BrNO2S/c17-14-13(10-4-2-1-3-5-10)21-15(18-14)11-6-8-12(9-7-11)16(19)20/h1-9H,(H,19,20).